The highest BCUT2D eigenvalue weighted by Gasteiger charge is 2.14. The van der Waals surface area contributed by atoms with Gasteiger partial charge in [-0.2, -0.15) is 0 Å². The van der Waals surface area contributed by atoms with Crippen molar-refractivity contribution in [2.45, 2.75) is 33.6 Å². The number of aromatic nitrogens is 2. The summed E-state index contributed by atoms with van der Waals surface area (Å²) in [5.41, 5.74) is 5.82. The standard InChI is InChI=1S/C27H24N2/c1-16(2)19-9-11-20(12-10-19)26-24-14-13-22-15-21-7-5-6-8-23(21)17(3)25(22)27(24)29-18(4)28-26/h5-16H,1-4H3. The second kappa shape index (κ2) is 6.66. The molecule has 1 heterocycles. The molecule has 5 rings (SSSR count). The Morgan fingerprint density at radius 3 is 2.24 bits per heavy atom. The molecule has 0 aliphatic carbocycles. The van der Waals surface area contributed by atoms with E-state index in [2.05, 4.69) is 87.5 Å². The van der Waals surface area contributed by atoms with Gasteiger partial charge < -0.3 is 0 Å². The van der Waals surface area contributed by atoms with E-state index >= 15 is 0 Å². The minimum absolute atomic E-state index is 0.521. The fourth-order valence-electron chi connectivity index (χ4n) is 4.35. The van der Waals surface area contributed by atoms with Crippen LogP contribution in [0.4, 0.5) is 0 Å². The van der Waals surface area contributed by atoms with E-state index < -0.39 is 0 Å². The maximum absolute atomic E-state index is 4.89. The first-order valence-electron chi connectivity index (χ1n) is 10.2. The molecule has 0 aliphatic heterocycles. The van der Waals surface area contributed by atoms with Crippen LogP contribution in [0.5, 0.6) is 0 Å². The molecule has 0 atom stereocenters. The minimum atomic E-state index is 0.521. The van der Waals surface area contributed by atoms with E-state index in [9.17, 15) is 0 Å². The average molecular weight is 377 g/mol. The van der Waals surface area contributed by atoms with Crippen LogP contribution in [-0.2, 0) is 0 Å². The summed E-state index contributed by atoms with van der Waals surface area (Å²) in [6.45, 7) is 8.64. The molecule has 5 aromatic rings. The van der Waals surface area contributed by atoms with Crippen LogP contribution in [0.25, 0.3) is 43.7 Å². The van der Waals surface area contributed by atoms with E-state index in [1.54, 1.807) is 0 Å². The molecule has 0 amide bonds. The molecule has 142 valence electrons. The molecule has 2 nitrogen and oxygen atoms in total. The third-order valence-corrected chi connectivity index (χ3v) is 5.91. The third kappa shape index (κ3) is 2.87. The Kier molecular flexibility index (Phi) is 4.09. The summed E-state index contributed by atoms with van der Waals surface area (Å²) in [6.07, 6.45) is 0. The first-order chi connectivity index (χ1) is 14.0. The summed E-state index contributed by atoms with van der Waals surface area (Å²) >= 11 is 0. The number of aryl methyl sites for hydroxylation is 2. The number of hydrogen-bond acceptors (Lipinski definition) is 2. The second-order valence-corrected chi connectivity index (χ2v) is 8.18. The van der Waals surface area contributed by atoms with E-state index in [-0.39, 0.29) is 0 Å². The first-order valence-corrected chi connectivity index (χ1v) is 10.2. The maximum Gasteiger partial charge on any atom is 0.126 e. The number of rotatable bonds is 2. The first kappa shape index (κ1) is 17.8. The van der Waals surface area contributed by atoms with Gasteiger partial charge in [-0.25, -0.2) is 9.97 Å². The lowest BCUT2D eigenvalue weighted by Crippen LogP contribution is -1.96. The number of nitrogens with zero attached hydrogens (tertiary/aromatic N) is 2. The Balaban J connectivity index is 1.85. The van der Waals surface area contributed by atoms with Gasteiger partial charge in [0.1, 0.15) is 5.82 Å². The van der Waals surface area contributed by atoms with Crippen LogP contribution in [0, 0.1) is 13.8 Å². The molecule has 2 heteroatoms. The quantitative estimate of drug-likeness (QED) is 0.238. The summed E-state index contributed by atoms with van der Waals surface area (Å²) in [5, 5.41) is 6.12. The summed E-state index contributed by atoms with van der Waals surface area (Å²) in [5.74, 6) is 1.33. The van der Waals surface area contributed by atoms with Crippen molar-refractivity contribution in [2.75, 3.05) is 0 Å². The largest absolute Gasteiger partial charge is 0.233 e. The van der Waals surface area contributed by atoms with Gasteiger partial charge in [-0.1, -0.05) is 68.4 Å². The van der Waals surface area contributed by atoms with E-state index in [1.807, 2.05) is 6.92 Å². The van der Waals surface area contributed by atoms with Crippen LogP contribution in [0.2, 0.25) is 0 Å². The van der Waals surface area contributed by atoms with Gasteiger partial charge in [-0.15, -0.1) is 0 Å². The highest BCUT2D eigenvalue weighted by molar-refractivity contribution is 6.15. The van der Waals surface area contributed by atoms with Gasteiger partial charge in [0.25, 0.3) is 0 Å². The molecule has 4 aromatic carbocycles. The van der Waals surface area contributed by atoms with E-state index in [4.69, 9.17) is 9.97 Å². The number of hydrogen-bond donors (Lipinski definition) is 0. The molecule has 1 aromatic heterocycles. The molecule has 0 saturated carbocycles. The molecule has 0 bridgehead atoms. The average Bonchev–Trinajstić information content (AvgIpc) is 2.73. The van der Waals surface area contributed by atoms with Crippen LogP contribution in [0.15, 0.2) is 66.7 Å². The number of fused-ring (bicyclic) bond motifs is 4. The lowest BCUT2D eigenvalue weighted by Gasteiger charge is -2.14. The normalized spacial score (nSPS) is 11.8. The minimum Gasteiger partial charge on any atom is -0.233 e. The highest BCUT2D eigenvalue weighted by Crippen LogP contribution is 2.36. The Morgan fingerprint density at radius 2 is 1.48 bits per heavy atom. The molecular weight excluding hydrogens is 352 g/mol. The fraction of sp³-hybridized carbons (Fsp3) is 0.185. The Labute approximate surface area is 171 Å². The molecule has 0 N–H and O–H groups in total. The third-order valence-electron chi connectivity index (χ3n) is 5.91. The smallest absolute Gasteiger partial charge is 0.126 e. The van der Waals surface area contributed by atoms with Gasteiger partial charge in [0.15, 0.2) is 0 Å². The lowest BCUT2D eigenvalue weighted by molar-refractivity contribution is 0.867. The van der Waals surface area contributed by atoms with Crippen molar-refractivity contribution in [3.8, 4) is 11.3 Å². The van der Waals surface area contributed by atoms with Crippen molar-refractivity contribution in [1.29, 1.82) is 0 Å². The number of benzene rings is 4. The molecule has 0 aliphatic rings. The van der Waals surface area contributed by atoms with Gasteiger partial charge in [-0.3, -0.25) is 0 Å². The molecule has 0 unspecified atom stereocenters. The Bertz CT molecular complexity index is 1380. The molecule has 0 saturated heterocycles. The van der Waals surface area contributed by atoms with Crippen LogP contribution < -0.4 is 0 Å². The van der Waals surface area contributed by atoms with Crippen LogP contribution in [-0.4, -0.2) is 9.97 Å². The molecule has 0 fully saturated rings. The zero-order valence-electron chi connectivity index (χ0n) is 17.3. The lowest BCUT2D eigenvalue weighted by atomic mass is 9.94. The van der Waals surface area contributed by atoms with E-state index in [0.717, 1.165) is 28.0 Å². The Morgan fingerprint density at radius 1 is 0.724 bits per heavy atom. The summed E-state index contributed by atoms with van der Waals surface area (Å²) in [4.78, 5) is 9.73. The predicted molar refractivity (Wildman–Crippen MR) is 124 cm³/mol. The zero-order valence-corrected chi connectivity index (χ0v) is 17.3. The molecule has 29 heavy (non-hydrogen) atoms. The highest BCUT2D eigenvalue weighted by atomic mass is 14.9. The summed E-state index contributed by atoms with van der Waals surface area (Å²) < 4.78 is 0. The molecule has 0 spiro atoms. The van der Waals surface area contributed by atoms with Gasteiger partial charge in [0, 0.05) is 16.3 Å². The van der Waals surface area contributed by atoms with Gasteiger partial charge in [0.2, 0.25) is 0 Å². The van der Waals surface area contributed by atoms with Crippen molar-refractivity contribution >= 4 is 32.4 Å². The van der Waals surface area contributed by atoms with Crippen LogP contribution in [0.1, 0.15) is 36.7 Å². The molecular formula is C27H24N2. The van der Waals surface area contributed by atoms with Gasteiger partial charge >= 0.3 is 0 Å². The van der Waals surface area contributed by atoms with E-state index in [0.29, 0.717) is 5.92 Å². The predicted octanol–water partition coefficient (Wildman–Crippen LogP) is 7.34. The van der Waals surface area contributed by atoms with Gasteiger partial charge in [0.05, 0.1) is 11.2 Å². The van der Waals surface area contributed by atoms with E-state index in [1.165, 1.54) is 32.7 Å². The fourth-order valence-corrected chi connectivity index (χ4v) is 4.35. The van der Waals surface area contributed by atoms with Gasteiger partial charge in [-0.05, 0) is 59.2 Å². The van der Waals surface area contributed by atoms with Crippen molar-refractivity contribution < 1.29 is 0 Å². The van der Waals surface area contributed by atoms with Crippen molar-refractivity contribution in [1.82, 2.24) is 9.97 Å². The van der Waals surface area contributed by atoms with Crippen LogP contribution >= 0.6 is 0 Å². The van der Waals surface area contributed by atoms with Crippen molar-refractivity contribution in [3.63, 3.8) is 0 Å². The Hall–Kier alpha value is -3.26. The van der Waals surface area contributed by atoms with Crippen LogP contribution in [0.3, 0.4) is 0 Å². The summed E-state index contributed by atoms with van der Waals surface area (Å²) in [6, 6.07) is 24.0. The second-order valence-electron chi connectivity index (χ2n) is 8.18. The van der Waals surface area contributed by atoms with Crippen molar-refractivity contribution in [3.05, 3.63) is 83.7 Å². The maximum atomic E-state index is 4.89. The van der Waals surface area contributed by atoms with Crippen molar-refractivity contribution in [2.24, 2.45) is 0 Å². The topological polar surface area (TPSA) is 25.8 Å². The monoisotopic (exact) mass is 376 g/mol. The SMILES string of the molecule is Cc1nc(-c2ccc(C(C)C)cc2)c2ccc3cc4ccccc4c(C)c3c2n1. The molecule has 0 radical (unpaired) electrons. The summed E-state index contributed by atoms with van der Waals surface area (Å²) in [7, 11) is 0. The zero-order chi connectivity index (χ0) is 20.1.